The predicted molar refractivity (Wildman–Crippen MR) is 126 cm³/mol. The van der Waals surface area contributed by atoms with E-state index in [0.717, 1.165) is 17.7 Å². The second-order valence-electron chi connectivity index (χ2n) is 8.28. The molecular weight excluding hydrogens is 440 g/mol. The van der Waals surface area contributed by atoms with E-state index in [1.165, 1.54) is 0 Å². The first-order valence-corrected chi connectivity index (χ1v) is 12.7. The fraction of sp³-hybridized carbons (Fsp3) is 0.292. The first-order valence-electron chi connectivity index (χ1n) is 10.9. The minimum Gasteiger partial charge on any atom is -0.463 e. The van der Waals surface area contributed by atoms with E-state index in [2.05, 4.69) is 10.4 Å². The van der Waals surface area contributed by atoms with Gasteiger partial charge in [-0.1, -0.05) is 25.1 Å². The van der Waals surface area contributed by atoms with Gasteiger partial charge in [0.2, 0.25) is 0 Å². The van der Waals surface area contributed by atoms with E-state index in [-0.39, 0.29) is 23.5 Å². The van der Waals surface area contributed by atoms with E-state index >= 15 is 0 Å². The van der Waals surface area contributed by atoms with Crippen molar-refractivity contribution in [2.45, 2.75) is 32.7 Å². The van der Waals surface area contributed by atoms with Crippen molar-refractivity contribution in [3.8, 4) is 11.5 Å². The number of benzene rings is 1. The minimum absolute atomic E-state index is 0.0152. The Balaban J connectivity index is 1.67. The maximum absolute atomic E-state index is 13.5. The van der Waals surface area contributed by atoms with E-state index < -0.39 is 9.84 Å². The molecule has 1 aliphatic heterocycles. The number of fused-ring (bicyclic) bond motifs is 1. The lowest BCUT2D eigenvalue weighted by Crippen LogP contribution is -2.15. The molecule has 1 atom stereocenters. The Morgan fingerprint density at radius 1 is 1.24 bits per heavy atom. The lowest BCUT2D eigenvalue weighted by molar-refractivity contribution is 0.102. The number of pyridine rings is 1. The number of rotatable bonds is 5. The Labute approximate surface area is 191 Å². The molecule has 1 amide bonds. The van der Waals surface area contributed by atoms with Crippen LogP contribution in [0.4, 0.5) is 5.69 Å². The van der Waals surface area contributed by atoms with E-state index in [9.17, 15) is 13.2 Å². The van der Waals surface area contributed by atoms with Crippen LogP contribution >= 0.6 is 0 Å². The summed E-state index contributed by atoms with van der Waals surface area (Å²) in [6.07, 6.45) is 2.80. The molecule has 0 saturated carbocycles. The Kier molecular flexibility index (Phi) is 5.28. The van der Waals surface area contributed by atoms with E-state index in [4.69, 9.17) is 9.40 Å². The Morgan fingerprint density at radius 2 is 2.06 bits per heavy atom. The lowest BCUT2D eigenvalue weighted by Gasteiger charge is -2.13. The van der Waals surface area contributed by atoms with Crippen LogP contribution in [0.25, 0.3) is 22.5 Å². The highest BCUT2D eigenvalue weighted by atomic mass is 32.2. The average Bonchev–Trinajstić information content (AvgIpc) is 3.53. The van der Waals surface area contributed by atoms with Crippen molar-refractivity contribution in [1.82, 2.24) is 14.8 Å². The van der Waals surface area contributed by atoms with Crippen molar-refractivity contribution in [3.63, 3.8) is 0 Å². The van der Waals surface area contributed by atoms with Crippen LogP contribution in [0.2, 0.25) is 0 Å². The summed E-state index contributed by atoms with van der Waals surface area (Å²) in [5.41, 5.74) is 3.80. The molecule has 3 aromatic heterocycles. The summed E-state index contributed by atoms with van der Waals surface area (Å²) in [5.74, 6) is 0.375. The SMILES string of the molecule is CCc1ccccc1NC(=O)c1cc(-c2ccco2)nc2c1c(C)nn2C1CCS(=O)(=O)C1. The molecule has 0 spiro atoms. The zero-order valence-electron chi connectivity index (χ0n) is 18.4. The number of anilines is 1. The summed E-state index contributed by atoms with van der Waals surface area (Å²) in [6, 6.07) is 12.6. The summed E-state index contributed by atoms with van der Waals surface area (Å²) in [5, 5.41) is 8.27. The number of carbonyl (C=O) groups excluding carboxylic acids is 1. The molecule has 8 nitrogen and oxygen atoms in total. The fourth-order valence-corrected chi connectivity index (χ4v) is 6.10. The van der Waals surface area contributed by atoms with E-state index in [1.54, 1.807) is 29.1 Å². The number of furan rings is 1. The van der Waals surface area contributed by atoms with Crippen LogP contribution < -0.4 is 5.32 Å². The molecular formula is C24H24N4O4S. The van der Waals surface area contributed by atoms with Crippen LogP contribution in [-0.2, 0) is 16.3 Å². The number of aryl methyl sites for hydroxylation is 2. The second-order valence-corrected chi connectivity index (χ2v) is 10.5. The van der Waals surface area contributed by atoms with Crippen molar-refractivity contribution in [3.05, 3.63) is 65.5 Å². The molecule has 0 aliphatic carbocycles. The van der Waals surface area contributed by atoms with Crippen molar-refractivity contribution in [2.24, 2.45) is 0 Å². The van der Waals surface area contributed by atoms with Gasteiger partial charge in [-0.05, 0) is 49.6 Å². The average molecular weight is 465 g/mol. The van der Waals surface area contributed by atoms with Gasteiger partial charge in [-0.25, -0.2) is 18.1 Å². The number of aromatic nitrogens is 3. The van der Waals surface area contributed by atoms with Gasteiger partial charge in [0, 0.05) is 5.69 Å². The molecule has 0 bridgehead atoms. The quantitative estimate of drug-likeness (QED) is 0.475. The molecule has 4 heterocycles. The highest BCUT2D eigenvalue weighted by Gasteiger charge is 2.32. The summed E-state index contributed by atoms with van der Waals surface area (Å²) in [6.45, 7) is 3.85. The van der Waals surface area contributed by atoms with Crippen LogP contribution in [0.15, 0.2) is 53.1 Å². The molecule has 1 fully saturated rings. The highest BCUT2D eigenvalue weighted by Crippen LogP contribution is 2.32. The van der Waals surface area contributed by atoms with Gasteiger partial charge in [0.1, 0.15) is 5.69 Å². The topological polar surface area (TPSA) is 107 Å². The molecule has 5 rings (SSSR count). The monoisotopic (exact) mass is 464 g/mol. The van der Waals surface area contributed by atoms with Gasteiger partial charge in [0.15, 0.2) is 21.2 Å². The molecule has 33 heavy (non-hydrogen) atoms. The summed E-state index contributed by atoms with van der Waals surface area (Å²) >= 11 is 0. The van der Waals surface area contributed by atoms with Gasteiger partial charge in [-0.2, -0.15) is 5.10 Å². The van der Waals surface area contributed by atoms with Gasteiger partial charge in [-0.15, -0.1) is 0 Å². The summed E-state index contributed by atoms with van der Waals surface area (Å²) in [7, 11) is -3.12. The van der Waals surface area contributed by atoms with Crippen molar-refractivity contribution < 1.29 is 17.6 Å². The second kappa shape index (κ2) is 8.15. The number of nitrogens with one attached hydrogen (secondary N) is 1. The Bertz CT molecular complexity index is 1460. The van der Waals surface area contributed by atoms with E-state index in [1.807, 2.05) is 38.1 Å². The first kappa shape index (κ1) is 21.4. The molecule has 1 unspecified atom stereocenters. The third-order valence-corrected chi connectivity index (χ3v) is 7.81. The van der Waals surface area contributed by atoms with Gasteiger partial charge in [0.25, 0.3) is 5.91 Å². The fourth-order valence-electron chi connectivity index (χ4n) is 4.41. The van der Waals surface area contributed by atoms with Crippen LogP contribution in [0.5, 0.6) is 0 Å². The number of amides is 1. The normalized spacial score (nSPS) is 17.5. The molecule has 4 aromatic rings. The number of hydrogen-bond acceptors (Lipinski definition) is 6. The zero-order chi connectivity index (χ0) is 23.2. The van der Waals surface area contributed by atoms with Gasteiger partial charge < -0.3 is 9.73 Å². The zero-order valence-corrected chi connectivity index (χ0v) is 19.2. The Hall–Kier alpha value is -3.46. The molecule has 170 valence electrons. The molecule has 1 N–H and O–H groups in total. The van der Waals surface area contributed by atoms with Crippen molar-refractivity contribution >= 4 is 32.5 Å². The van der Waals surface area contributed by atoms with E-state index in [0.29, 0.717) is 40.2 Å². The number of sulfone groups is 1. The van der Waals surface area contributed by atoms with Gasteiger partial charge in [0.05, 0.1) is 40.5 Å². The van der Waals surface area contributed by atoms with Crippen LogP contribution in [0, 0.1) is 6.92 Å². The highest BCUT2D eigenvalue weighted by molar-refractivity contribution is 7.91. The third kappa shape index (κ3) is 3.93. The third-order valence-electron chi connectivity index (χ3n) is 6.06. The standard InChI is InChI=1S/C24H24N4O4S/c1-3-16-7-4-5-8-19(16)26-24(29)18-13-20(21-9-6-11-32-21)25-23-22(18)15(2)27-28(23)17-10-12-33(30,31)14-17/h4-9,11,13,17H,3,10,12,14H2,1-2H3,(H,26,29). The van der Waals surface area contributed by atoms with Crippen LogP contribution in [-0.4, -0.2) is 40.6 Å². The molecule has 1 aromatic carbocycles. The largest absolute Gasteiger partial charge is 0.463 e. The maximum atomic E-state index is 13.5. The first-order chi connectivity index (χ1) is 15.9. The molecule has 1 saturated heterocycles. The number of carbonyl (C=O) groups is 1. The number of para-hydroxylation sites is 1. The maximum Gasteiger partial charge on any atom is 0.256 e. The predicted octanol–water partition coefficient (Wildman–Crippen LogP) is 4.17. The molecule has 1 aliphatic rings. The Morgan fingerprint density at radius 3 is 2.76 bits per heavy atom. The van der Waals surface area contributed by atoms with Gasteiger partial charge in [-0.3, -0.25) is 4.79 Å². The van der Waals surface area contributed by atoms with Gasteiger partial charge >= 0.3 is 0 Å². The lowest BCUT2D eigenvalue weighted by atomic mass is 10.1. The van der Waals surface area contributed by atoms with Crippen LogP contribution in [0.1, 0.15) is 41.0 Å². The minimum atomic E-state index is -3.12. The molecule has 9 heteroatoms. The van der Waals surface area contributed by atoms with Crippen molar-refractivity contribution in [1.29, 1.82) is 0 Å². The smallest absolute Gasteiger partial charge is 0.256 e. The summed E-state index contributed by atoms with van der Waals surface area (Å²) in [4.78, 5) is 18.2. The number of hydrogen-bond donors (Lipinski definition) is 1. The number of nitrogens with zero attached hydrogens (tertiary/aromatic N) is 3. The van der Waals surface area contributed by atoms with Crippen LogP contribution in [0.3, 0.4) is 0 Å². The summed E-state index contributed by atoms with van der Waals surface area (Å²) < 4.78 is 31.4. The van der Waals surface area contributed by atoms with Crippen molar-refractivity contribution in [2.75, 3.05) is 16.8 Å². The molecule has 0 radical (unpaired) electrons.